The number of rotatable bonds is 11. The summed E-state index contributed by atoms with van der Waals surface area (Å²) in [6.45, 7) is 1.83. The smallest absolute Gasteiger partial charge is 0.272 e. The number of hydrogen-bond donors (Lipinski definition) is 3. The number of ether oxygens (including phenoxy) is 1. The molecule has 230 valence electrons. The van der Waals surface area contributed by atoms with Crippen LogP contribution in [0.1, 0.15) is 22.8 Å². The van der Waals surface area contributed by atoms with Crippen molar-refractivity contribution in [3.8, 4) is 11.5 Å². The van der Waals surface area contributed by atoms with Crippen LogP contribution in [0.5, 0.6) is 11.5 Å². The van der Waals surface area contributed by atoms with E-state index in [2.05, 4.69) is 31.9 Å². The number of anilines is 2. The number of hydrogen-bond acceptors (Lipinski definition) is 5. The molecule has 3 N–H and O–H groups in total. The summed E-state index contributed by atoms with van der Waals surface area (Å²) in [7, 11) is 0. The van der Waals surface area contributed by atoms with E-state index in [1.807, 2.05) is 79.7 Å². The first kappa shape index (κ1) is 32.3. The summed E-state index contributed by atoms with van der Waals surface area (Å²) >= 11 is 4.84. The molecule has 0 spiro atoms. The van der Waals surface area contributed by atoms with Crippen LogP contribution in [-0.4, -0.2) is 23.0 Å². The molecule has 0 aliphatic heterocycles. The molecule has 46 heavy (non-hydrogen) atoms. The zero-order valence-electron chi connectivity index (χ0n) is 24.8. The molecule has 5 aromatic rings. The van der Waals surface area contributed by atoms with Gasteiger partial charge in [0.1, 0.15) is 17.2 Å². The quantitative estimate of drug-likeness (QED) is 0.0951. The van der Waals surface area contributed by atoms with E-state index in [0.29, 0.717) is 22.7 Å². The van der Waals surface area contributed by atoms with Crippen molar-refractivity contribution in [2.45, 2.75) is 17.1 Å². The minimum absolute atomic E-state index is 0.0929. The summed E-state index contributed by atoms with van der Waals surface area (Å²) in [5, 5.41) is 8.16. The van der Waals surface area contributed by atoms with Gasteiger partial charge in [-0.1, -0.05) is 64.5 Å². The molecule has 0 saturated heterocycles. The monoisotopic (exact) mass is 691 g/mol. The Bertz CT molecular complexity index is 1830. The first-order chi connectivity index (χ1) is 22.3. The minimum atomic E-state index is -0.474. The molecule has 5 rings (SSSR count). The van der Waals surface area contributed by atoms with Crippen molar-refractivity contribution < 1.29 is 19.1 Å². The van der Waals surface area contributed by atoms with Crippen LogP contribution in [0.2, 0.25) is 0 Å². The van der Waals surface area contributed by atoms with E-state index in [9.17, 15) is 14.4 Å². The number of benzene rings is 5. The van der Waals surface area contributed by atoms with E-state index in [4.69, 9.17) is 4.74 Å². The highest BCUT2D eigenvalue weighted by atomic mass is 79.9. The van der Waals surface area contributed by atoms with Gasteiger partial charge in [-0.15, -0.1) is 11.8 Å². The second-order valence-electron chi connectivity index (χ2n) is 10.1. The topological polar surface area (TPSA) is 96.5 Å². The fourth-order valence-corrected chi connectivity index (χ4v) is 5.54. The molecule has 0 aliphatic rings. The highest BCUT2D eigenvalue weighted by molar-refractivity contribution is 9.10. The van der Waals surface area contributed by atoms with E-state index < -0.39 is 11.8 Å². The Morgan fingerprint density at radius 3 is 2.00 bits per heavy atom. The first-order valence-corrected chi connectivity index (χ1v) is 16.1. The largest absolute Gasteiger partial charge is 0.457 e. The Hall–Kier alpha value is -5.12. The zero-order chi connectivity index (χ0) is 32.3. The summed E-state index contributed by atoms with van der Waals surface area (Å²) in [6.07, 6.45) is 1.62. The SMILES string of the molecule is CC(Sc1ccc(NC(=O)/C(=C/c2cccc(Br)c2)NC(=O)c2ccccc2)cc1)C(=O)Nc1ccc(Oc2ccccc2)cc1. The highest BCUT2D eigenvalue weighted by Crippen LogP contribution is 2.27. The average Bonchev–Trinajstić information content (AvgIpc) is 3.07. The maximum atomic E-state index is 13.3. The number of amides is 3. The molecule has 0 radical (unpaired) electrons. The van der Waals surface area contributed by atoms with Crippen molar-refractivity contribution in [2.24, 2.45) is 0 Å². The number of thioether (sulfide) groups is 1. The third kappa shape index (κ3) is 9.44. The Labute approximate surface area is 280 Å². The normalized spacial score (nSPS) is 11.7. The van der Waals surface area contributed by atoms with Crippen molar-refractivity contribution >= 4 is 62.9 Å². The number of para-hydroxylation sites is 1. The lowest BCUT2D eigenvalue weighted by Gasteiger charge is -2.14. The molecule has 7 nitrogen and oxygen atoms in total. The summed E-state index contributed by atoms with van der Waals surface area (Å²) in [6, 6.07) is 40.0. The second-order valence-corrected chi connectivity index (χ2v) is 12.4. The summed E-state index contributed by atoms with van der Waals surface area (Å²) in [5.41, 5.74) is 2.48. The van der Waals surface area contributed by atoms with Crippen molar-refractivity contribution in [2.75, 3.05) is 10.6 Å². The van der Waals surface area contributed by atoms with Gasteiger partial charge >= 0.3 is 0 Å². The Morgan fingerprint density at radius 1 is 0.717 bits per heavy atom. The lowest BCUT2D eigenvalue weighted by Crippen LogP contribution is -2.30. The van der Waals surface area contributed by atoms with Crippen molar-refractivity contribution in [3.63, 3.8) is 0 Å². The molecule has 1 unspecified atom stereocenters. The van der Waals surface area contributed by atoms with Gasteiger partial charge < -0.3 is 20.7 Å². The average molecular weight is 693 g/mol. The molecular formula is C37H30BrN3O4S. The third-order valence-corrected chi connectivity index (χ3v) is 8.19. The van der Waals surface area contributed by atoms with Crippen LogP contribution in [0, 0.1) is 0 Å². The third-order valence-electron chi connectivity index (χ3n) is 6.58. The van der Waals surface area contributed by atoms with Crippen LogP contribution < -0.4 is 20.7 Å². The number of nitrogens with one attached hydrogen (secondary N) is 3. The van der Waals surface area contributed by atoms with Crippen LogP contribution in [0.3, 0.4) is 0 Å². The van der Waals surface area contributed by atoms with E-state index in [-0.39, 0.29) is 16.9 Å². The summed E-state index contributed by atoms with van der Waals surface area (Å²) < 4.78 is 6.66. The van der Waals surface area contributed by atoms with Crippen LogP contribution >= 0.6 is 27.7 Å². The van der Waals surface area contributed by atoms with Gasteiger partial charge in [0, 0.05) is 26.3 Å². The maximum absolute atomic E-state index is 13.3. The number of carbonyl (C=O) groups is 3. The lowest BCUT2D eigenvalue weighted by molar-refractivity contribution is -0.115. The molecule has 0 aromatic heterocycles. The number of carbonyl (C=O) groups excluding carboxylic acids is 3. The Balaban J connectivity index is 1.18. The van der Waals surface area contributed by atoms with Crippen molar-refractivity contribution in [1.82, 2.24) is 5.32 Å². The minimum Gasteiger partial charge on any atom is -0.457 e. The van der Waals surface area contributed by atoms with Gasteiger partial charge in [-0.05, 0) is 103 Å². The fraction of sp³-hybridized carbons (Fsp3) is 0.0541. The van der Waals surface area contributed by atoms with E-state index in [0.717, 1.165) is 20.7 Å². The highest BCUT2D eigenvalue weighted by Gasteiger charge is 2.17. The molecule has 0 fully saturated rings. The van der Waals surface area contributed by atoms with E-state index in [1.54, 1.807) is 66.7 Å². The predicted molar refractivity (Wildman–Crippen MR) is 188 cm³/mol. The Kier molecular flexibility index (Phi) is 11.0. The van der Waals surface area contributed by atoms with Gasteiger partial charge in [0.2, 0.25) is 5.91 Å². The molecule has 5 aromatic carbocycles. The van der Waals surface area contributed by atoms with Crippen LogP contribution in [-0.2, 0) is 9.59 Å². The molecule has 0 aliphatic carbocycles. The molecule has 0 saturated carbocycles. The molecule has 0 bridgehead atoms. The number of halogens is 1. The van der Waals surface area contributed by atoms with E-state index in [1.165, 1.54) is 11.8 Å². The van der Waals surface area contributed by atoms with Crippen LogP contribution in [0.15, 0.2) is 149 Å². The first-order valence-electron chi connectivity index (χ1n) is 14.4. The van der Waals surface area contributed by atoms with Crippen LogP contribution in [0.25, 0.3) is 6.08 Å². The predicted octanol–water partition coefficient (Wildman–Crippen LogP) is 8.77. The second kappa shape index (κ2) is 15.7. The van der Waals surface area contributed by atoms with Gasteiger partial charge in [0.25, 0.3) is 11.8 Å². The molecule has 0 heterocycles. The summed E-state index contributed by atoms with van der Waals surface area (Å²) in [5.74, 6) is 0.399. The van der Waals surface area contributed by atoms with Gasteiger partial charge in [-0.25, -0.2) is 0 Å². The van der Waals surface area contributed by atoms with Crippen LogP contribution in [0.4, 0.5) is 11.4 Å². The van der Waals surface area contributed by atoms with Gasteiger partial charge in [0.15, 0.2) is 0 Å². The fourth-order valence-electron chi connectivity index (χ4n) is 4.25. The maximum Gasteiger partial charge on any atom is 0.272 e. The van der Waals surface area contributed by atoms with E-state index >= 15 is 0 Å². The molecule has 3 amide bonds. The van der Waals surface area contributed by atoms with Gasteiger partial charge in [-0.2, -0.15) is 0 Å². The molecule has 9 heteroatoms. The Morgan fingerprint density at radius 2 is 1.33 bits per heavy atom. The van der Waals surface area contributed by atoms with Gasteiger partial charge in [-0.3, -0.25) is 14.4 Å². The standard InChI is InChI=1S/C37H30BrN3O4S/c1-25(35(42)39-29-15-19-32(20-16-29)45-31-13-6-3-7-14-31)46-33-21-17-30(18-22-33)40-37(44)34(24-26-9-8-12-28(38)23-26)41-36(43)27-10-4-2-5-11-27/h2-25H,1H3,(H,39,42)(H,40,44)(H,41,43)/b34-24-. The lowest BCUT2D eigenvalue weighted by atomic mass is 10.1. The van der Waals surface area contributed by atoms with Crippen molar-refractivity contribution in [3.05, 3.63) is 155 Å². The summed E-state index contributed by atoms with van der Waals surface area (Å²) in [4.78, 5) is 40.0. The van der Waals surface area contributed by atoms with Gasteiger partial charge in [0.05, 0.1) is 5.25 Å². The van der Waals surface area contributed by atoms with Crippen molar-refractivity contribution in [1.29, 1.82) is 0 Å². The zero-order valence-corrected chi connectivity index (χ0v) is 27.2. The molecular weight excluding hydrogens is 662 g/mol. The molecule has 1 atom stereocenters.